The average molecular weight is 271 g/mol. The molecule has 0 aromatic carbocycles. The number of methoxy groups -OCH3 is 1. The zero-order valence-electron chi connectivity index (χ0n) is 11.3. The molecule has 0 N–H and O–H groups in total. The number of hydrogen-bond acceptors (Lipinski definition) is 3. The summed E-state index contributed by atoms with van der Waals surface area (Å²) < 4.78 is 9.37. The summed E-state index contributed by atoms with van der Waals surface area (Å²) in [5.41, 5.74) is 2.95. The van der Waals surface area contributed by atoms with Crippen molar-refractivity contribution in [1.82, 2.24) is 19.3 Å². The van der Waals surface area contributed by atoms with Gasteiger partial charge in [0.2, 0.25) is 0 Å². The molecular formula is C12H19ClN4O. The van der Waals surface area contributed by atoms with Crippen LogP contribution in [0.1, 0.15) is 18.4 Å². The first-order valence-corrected chi connectivity index (χ1v) is 6.59. The number of alkyl halides is 1. The highest BCUT2D eigenvalue weighted by atomic mass is 35.5. The summed E-state index contributed by atoms with van der Waals surface area (Å²) in [5, 5.41) is 4.40. The Labute approximate surface area is 112 Å². The fraction of sp³-hybridized carbons (Fsp3) is 0.667. The molecule has 1 unspecified atom stereocenters. The van der Waals surface area contributed by atoms with E-state index in [0.717, 1.165) is 35.6 Å². The molecule has 2 aromatic rings. The highest BCUT2D eigenvalue weighted by Gasteiger charge is 2.18. The van der Waals surface area contributed by atoms with Crippen molar-refractivity contribution in [3.63, 3.8) is 0 Å². The molecule has 18 heavy (non-hydrogen) atoms. The van der Waals surface area contributed by atoms with Crippen LogP contribution in [-0.2, 0) is 24.8 Å². The van der Waals surface area contributed by atoms with Gasteiger partial charge in [-0.05, 0) is 13.8 Å². The van der Waals surface area contributed by atoms with Gasteiger partial charge in [0.15, 0.2) is 5.65 Å². The SMILES string of the molecule is COC(C)Cn1c(CCCl)nc2c(C)nn(C)c21. The van der Waals surface area contributed by atoms with Crippen LogP contribution >= 0.6 is 11.6 Å². The van der Waals surface area contributed by atoms with Crippen LogP contribution in [0.15, 0.2) is 0 Å². The lowest BCUT2D eigenvalue weighted by molar-refractivity contribution is 0.103. The van der Waals surface area contributed by atoms with Gasteiger partial charge in [-0.2, -0.15) is 5.10 Å². The normalized spacial score (nSPS) is 13.4. The Morgan fingerprint density at radius 2 is 2.17 bits per heavy atom. The molecule has 0 saturated carbocycles. The van der Waals surface area contributed by atoms with E-state index in [-0.39, 0.29) is 6.10 Å². The third kappa shape index (κ3) is 2.24. The minimum atomic E-state index is 0.131. The first-order chi connectivity index (χ1) is 8.58. The van der Waals surface area contributed by atoms with Gasteiger partial charge in [0.1, 0.15) is 11.3 Å². The van der Waals surface area contributed by atoms with E-state index in [2.05, 4.69) is 14.6 Å². The quantitative estimate of drug-likeness (QED) is 0.780. The van der Waals surface area contributed by atoms with Gasteiger partial charge in [-0.25, -0.2) is 4.98 Å². The summed E-state index contributed by atoms with van der Waals surface area (Å²) in [4.78, 5) is 4.65. The van der Waals surface area contributed by atoms with Crippen molar-refractivity contribution in [3.05, 3.63) is 11.5 Å². The smallest absolute Gasteiger partial charge is 0.158 e. The number of rotatable bonds is 5. The van der Waals surface area contributed by atoms with E-state index in [1.165, 1.54) is 0 Å². The van der Waals surface area contributed by atoms with Gasteiger partial charge < -0.3 is 9.30 Å². The number of aryl methyl sites for hydroxylation is 3. The lowest BCUT2D eigenvalue weighted by Crippen LogP contribution is -2.18. The van der Waals surface area contributed by atoms with Gasteiger partial charge in [0.05, 0.1) is 18.3 Å². The minimum absolute atomic E-state index is 0.131. The molecule has 0 saturated heterocycles. The van der Waals surface area contributed by atoms with Crippen LogP contribution in [0.3, 0.4) is 0 Å². The van der Waals surface area contributed by atoms with Crippen molar-refractivity contribution in [2.45, 2.75) is 32.9 Å². The summed E-state index contributed by atoms with van der Waals surface area (Å²) in [6.45, 7) is 4.78. The van der Waals surface area contributed by atoms with Crippen LogP contribution in [0.2, 0.25) is 0 Å². The van der Waals surface area contributed by atoms with Crippen LogP contribution in [0.5, 0.6) is 0 Å². The molecule has 6 heteroatoms. The number of imidazole rings is 1. The maximum atomic E-state index is 5.85. The summed E-state index contributed by atoms with van der Waals surface area (Å²) in [5.74, 6) is 1.57. The van der Waals surface area contributed by atoms with Crippen LogP contribution in [0.4, 0.5) is 0 Å². The summed E-state index contributed by atoms with van der Waals surface area (Å²) in [6.07, 6.45) is 0.887. The van der Waals surface area contributed by atoms with Gasteiger partial charge in [-0.1, -0.05) is 0 Å². The van der Waals surface area contributed by atoms with Crippen molar-refractivity contribution in [2.75, 3.05) is 13.0 Å². The van der Waals surface area contributed by atoms with Gasteiger partial charge >= 0.3 is 0 Å². The molecule has 0 radical (unpaired) electrons. The van der Waals surface area contributed by atoms with E-state index in [1.54, 1.807) is 7.11 Å². The molecule has 1 atom stereocenters. The van der Waals surface area contributed by atoms with E-state index >= 15 is 0 Å². The Balaban J connectivity index is 2.53. The van der Waals surface area contributed by atoms with Gasteiger partial charge in [0, 0.05) is 26.5 Å². The number of fused-ring (bicyclic) bond motifs is 1. The third-order valence-electron chi connectivity index (χ3n) is 3.13. The Bertz CT molecular complexity index is 546. The number of hydrogen-bond donors (Lipinski definition) is 0. The van der Waals surface area contributed by atoms with Crippen LogP contribution in [0.25, 0.3) is 11.2 Å². The highest BCUT2D eigenvalue weighted by molar-refractivity contribution is 6.17. The third-order valence-corrected chi connectivity index (χ3v) is 3.32. The average Bonchev–Trinajstić information content (AvgIpc) is 2.81. The fourth-order valence-corrected chi connectivity index (χ4v) is 2.35. The lowest BCUT2D eigenvalue weighted by atomic mass is 10.3. The van der Waals surface area contributed by atoms with Crippen molar-refractivity contribution in [2.24, 2.45) is 7.05 Å². The second kappa shape index (κ2) is 5.28. The van der Waals surface area contributed by atoms with Crippen LogP contribution in [-0.4, -0.2) is 38.4 Å². The molecule has 0 aliphatic carbocycles. The summed E-state index contributed by atoms with van der Waals surface area (Å²) in [7, 11) is 3.66. The zero-order valence-corrected chi connectivity index (χ0v) is 12.0. The van der Waals surface area contributed by atoms with E-state index < -0.39 is 0 Å². The van der Waals surface area contributed by atoms with Gasteiger partial charge in [-0.15, -0.1) is 11.6 Å². The number of aromatic nitrogens is 4. The van der Waals surface area contributed by atoms with Crippen molar-refractivity contribution in [1.29, 1.82) is 0 Å². The van der Waals surface area contributed by atoms with E-state index in [1.807, 2.05) is 25.6 Å². The van der Waals surface area contributed by atoms with Gasteiger partial charge in [0.25, 0.3) is 0 Å². The Morgan fingerprint density at radius 1 is 1.44 bits per heavy atom. The lowest BCUT2D eigenvalue weighted by Gasteiger charge is -2.13. The molecule has 0 amide bonds. The Hall–Kier alpha value is -1.07. The number of ether oxygens (including phenoxy) is 1. The number of nitrogens with zero attached hydrogens (tertiary/aromatic N) is 4. The van der Waals surface area contributed by atoms with Crippen molar-refractivity contribution >= 4 is 22.8 Å². The van der Waals surface area contributed by atoms with Crippen LogP contribution in [0, 0.1) is 6.92 Å². The fourth-order valence-electron chi connectivity index (χ4n) is 2.18. The molecule has 0 aliphatic rings. The molecule has 0 bridgehead atoms. The predicted octanol–water partition coefficient (Wildman–Crippen LogP) is 1.89. The Kier molecular flexibility index (Phi) is 3.92. The monoisotopic (exact) mass is 270 g/mol. The minimum Gasteiger partial charge on any atom is -0.380 e. The summed E-state index contributed by atoms with van der Waals surface area (Å²) in [6, 6.07) is 0. The first-order valence-electron chi connectivity index (χ1n) is 6.06. The molecule has 0 spiro atoms. The first kappa shape index (κ1) is 13.4. The van der Waals surface area contributed by atoms with E-state index in [4.69, 9.17) is 16.3 Å². The molecule has 2 heterocycles. The second-order valence-corrected chi connectivity index (χ2v) is 4.88. The molecule has 2 aromatic heterocycles. The zero-order chi connectivity index (χ0) is 13.3. The van der Waals surface area contributed by atoms with Gasteiger partial charge in [-0.3, -0.25) is 4.68 Å². The molecular weight excluding hydrogens is 252 g/mol. The molecule has 2 rings (SSSR count). The molecule has 0 aliphatic heterocycles. The Morgan fingerprint density at radius 3 is 2.78 bits per heavy atom. The predicted molar refractivity (Wildman–Crippen MR) is 72.1 cm³/mol. The van der Waals surface area contributed by atoms with Crippen molar-refractivity contribution in [3.8, 4) is 0 Å². The highest BCUT2D eigenvalue weighted by Crippen LogP contribution is 2.20. The maximum absolute atomic E-state index is 5.85. The second-order valence-electron chi connectivity index (χ2n) is 4.51. The maximum Gasteiger partial charge on any atom is 0.158 e. The molecule has 0 fully saturated rings. The van der Waals surface area contributed by atoms with Crippen molar-refractivity contribution < 1.29 is 4.74 Å². The molecule has 100 valence electrons. The van der Waals surface area contributed by atoms with E-state index in [0.29, 0.717) is 5.88 Å². The topological polar surface area (TPSA) is 44.9 Å². The standard InChI is InChI=1S/C12H19ClN4O/c1-8(18-4)7-17-10(5-6-13)14-11-9(2)15-16(3)12(11)17/h8H,5-7H2,1-4H3. The largest absolute Gasteiger partial charge is 0.380 e. The summed E-state index contributed by atoms with van der Waals surface area (Å²) >= 11 is 5.85. The number of halogens is 1. The molecule has 5 nitrogen and oxygen atoms in total. The van der Waals surface area contributed by atoms with E-state index in [9.17, 15) is 0 Å². The van der Waals surface area contributed by atoms with Crippen LogP contribution < -0.4 is 0 Å².